The summed E-state index contributed by atoms with van der Waals surface area (Å²) in [5.41, 5.74) is -0.0329. The molecule has 9 nitrogen and oxygen atoms in total. The summed E-state index contributed by atoms with van der Waals surface area (Å²) in [6.07, 6.45) is 1.74. The number of sulfonamides is 1. The fourth-order valence-electron chi connectivity index (χ4n) is 4.00. The van der Waals surface area contributed by atoms with Crippen molar-refractivity contribution in [1.82, 2.24) is 15.4 Å². The van der Waals surface area contributed by atoms with Gasteiger partial charge in [-0.1, -0.05) is 18.2 Å². The van der Waals surface area contributed by atoms with Crippen molar-refractivity contribution in [2.24, 2.45) is 5.92 Å². The number of amides is 2. The van der Waals surface area contributed by atoms with Gasteiger partial charge in [0.1, 0.15) is 12.1 Å². The number of fused-ring (bicyclic) bond motifs is 1. The summed E-state index contributed by atoms with van der Waals surface area (Å²) in [5.74, 6) is -0.331. The summed E-state index contributed by atoms with van der Waals surface area (Å²) in [4.78, 5) is 27.4. The molecule has 1 aromatic rings. The van der Waals surface area contributed by atoms with Gasteiger partial charge in [0, 0.05) is 38.1 Å². The molecule has 0 aliphatic carbocycles. The lowest BCUT2D eigenvalue weighted by Crippen LogP contribution is -2.59. The molecule has 3 rings (SSSR count). The summed E-state index contributed by atoms with van der Waals surface area (Å²) >= 11 is 0. The van der Waals surface area contributed by atoms with E-state index in [9.17, 15) is 18.0 Å². The van der Waals surface area contributed by atoms with Crippen LogP contribution in [0.5, 0.6) is 0 Å². The van der Waals surface area contributed by atoms with Crippen molar-refractivity contribution in [2.45, 2.75) is 43.9 Å². The molecule has 32 heavy (non-hydrogen) atoms. The first-order valence-electron chi connectivity index (χ1n) is 11.0. The molecule has 0 saturated carbocycles. The highest BCUT2D eigenvalue weighted by Gasteiger charge is 2.52. The van der Waals surface area contributed by atoms with Gasteiger partial charge in [0.05, 0.1) is 4.75 Å². The molecule has 3 N–H and O–H groups in total. The molecule has 2 amide bonds. The Morgan fingerprint density at radius 1 is 1.22 bits per heavy atom. The van der Waals surface area contributed by atoms with E-state index in [2.05, 4.69) is 15.4 Å². The van der Waals surface area contributed by atoms with Crippen molar-refractivity contribution < 1.29 is 22.7 Å². The minimum absolute atomic E-state index is 0.140. The lowest BCUT2D eigenvalue weighted by Gasteiger charge is -2.34. The molecular formula is C22H34N4O5S. The molecule has 2 aliphatic rings. The molecule has 2 heterocycles. The van der Waals surface area contributed by atoms with Crippen LogP contribution in [0, 0.1) is 5.92 Å². The number of ether oxygens (including phenoxy) is 1. The summed E-state index contributed by atoms with van der Waals surface area (Å²) in [6.45, 7) is 6.43. The molecule has 178 valence electrons. The predicted octanol–water partition coefficient (Wildman–Crippen LogP) is 0.709. The average molecular weight is 467 g/mol. The summed E-state index contributed by atoms with van der Waals surface area (Å²) in [5, 5.41) is 5.96. The number of likely N-dealkylation sites (N-methyl/N-ethyl adjacent to an activating group) is 1. The van der Waals surface area contributed by atoms with Gasteiger partial charge in [-0.05, 0) is 52.1 Å². The van der Waals surface area contributed by atoms with Gasteiger partial charge in [-0.15, -0.1) is 0 Å². The monoisotopic (exact) mass is 466 g/mol. The normalized spacial score (nSPS) is 22.1. The van der Waals surface area contributed by atoms with Crippen molar-refractivity contribution in [3.8, 4) is 0 Å². The van der Waals surface area contributed by atoms with Crippen LogP contribution in [-0.2, 0) is 29.9 Å². The third-order valence-corrected chi connectivity index (χ3v) is 8.35. The smallest absolute Gasteiger partial charge is 0.253 e. The Labute approximate surface area is 190 Å². The van der Waals surface area contributed by atoms with E-state index in [1.807, 2.05) is 12.1 Å². The zero-order chi connectivity index (χ0) is 23.6. The van der Waals surface area contributed by atoms with Gasteiger partial charge in [-0.3, -0.25) is 14.9 Å². The molecule has 0 spiro atoms. The van der Waals surface area contributed by atoms with E-state index in [1.165, 1.54) is 11.9 Å². The maximum atomic E-state index is 13.8. The number of nitrogens with one attached hydrogen (secondary N) is 3. The molecule has 1 saturated heterocycles. The Balaban J connectivity index is 1.98. The number of nitrogens with zero attached hydrogens (tertiary/aromatic N) is 1. The van der Waals surface area contributed by atoms with Gasteiger partial charge in [0.25, 0.3) is 5.91 Å². The molecule has 1 fully saturated rings. The fraction of sp³-hybridized carbons (Fsp3) is 0.636. The van der Waals surface area contributed by atoms with Crippen LogP contribution in [0.4, 0.5) is 5.69 Å². The molecule has 1 unspecified atom stereocenters. The van der Waals surface area contributed by atoms with Crippen molar-refractivity contribution in [1.29, 1.82) is 0 Å². The van der Waals surface area contributed by atoms with Crippen LogP contribution in [0.15, 0.2) is 24.3 Å². The molecule has 2 aliphatic heterocycles. The van der Waals surface area contributed by atoms with E-state index in [4.69, 9.17) is 4.74 Å². The van der Waals surface area contributed by atoms with Crippen LogP contribution in [0.2, 0.25) is 0 Å². The van der Waals surface area contributed by atoms with Crippen LogP contribution >= 0.6 is 0 Å². The number of anilines is 1. The van der Waals surface area contributed by atoms with Crippen molar-refractivity contribution >= 4 is 27.5 Å². The maximum Gasteiger partial charge on any atom is 0.253 e. The van der Waals surface area contributed by atoms with E-state index in [-0.39, 0.29) is 24.9 Å². The quantitative estimate of drug-likeness (QED) is 0.520. The van der Waals surface area contributed by atoms with E-state index in [1.54, 1.807) is 32.9 Å². The number of para-hydroxylation sites is 1. The average Bonchev–Trinajstić information content (AvgIpc) is 2.99. The van der Waals surface area contributed by atoms with Crippen LogP contribution < -0.4 is 20.3 Å². The standard InChI is InChI=1S/C22H34N4O5S/c1-21(2,3)32(29,30)25-15-22(24-13-16-9-11-31-12-10-16)17-7-5-6-8-18(17)26(20(22)28)14-19(27)23-4/h5-8,16,24-25H,9-15H2,1-4H3,(H,23,27). The Kier molecular flexibility index (Phi) is 7.28. The van der Waals surface area contributed by atoms with Gasteiger partial charge in [0.15, 0.2) is 0 Å². The largest absolute Gasteiger partial charge is 0.381 e. The van der Waals surface area contributed by atoms with Gasteiger partial charge < -0.3 is 15.0 Å². The first-order valence-corrected chi connectivity index (χ1v) is 12.4. The topological polar surface area (TPSA) is 117 Å². The first-order chi connectivity index (χ1) is 15.0. The molecular weight excluding hydrogens is 432 g/mol. The molecule has 10 heteroatoms. The third-order valence-electron chi connectivity index (χ3n) is 6.21. The highest BCUT2D eigenvalue weighted by atomic mass is 32.2. The third kappa shape index (κ3) is 4.83. The lowest BCUT2D eigenvalue weighted by molar-refractivity contribution is -0.127. The predicted molar refractivity (Wildman–Crippen MR) is 123 cm³/mol. The maximum absolute atomic E-state index is 13.8. The number of benzene rings is 1. The Hall–Kier alpha value is -2.01. The van der Waals surface area contributed by atoms with Crippen molar-refractivity contribution in [3.63, 3.8) is 0 Å². The van der Waals surface area contributed by atoms with Gasteiger partial charge in [0.2, 0.25) is 15.9 Å². The van der Waals surface area contributed by atoms with Crippen molar-refractivity contribution in [2.75, 3.05) is 44.8 Å². The molecule has 0 aromatic heterocycles. The van der Waals surface area contributed by atoms with E-state index in [0.29, 0.717) is 36.9 Å². The second-order valence-electron chi connectivity index (χ2n) is 9.36. The number of carbonyl (C=O) groups is 2. The summed E-state index contributed by atoms with van der Waals surface area (Å²) < 4.78 is 32.7. The van der Waals surface area contributed by atoms with Crippen LogP contribution in [0.3, 0.4) is 0 Å². The molecule has 1 aromatic carbocycles. The summed E-state index contributed by atoms with van der Waals surface area (Å²) in [7, 11) is -2.18. The molecule has 0 radical (unpaired) electrons. The second-order valence-corrected chi connectivity index (χ2v) is 11.9. The minimum Gasteiger partial charge on any atom is -0.381 e. The molecule has 1 atom stereocenters. The fourth-order valence-corrected chi connectivity index (χ4v) is 4.84. The van der Waals surface area contributed by atoms with Gasteiger partial charge in [-0.25, -0.2) is 13.1 Å². The molecule has 0 bridgehead atoms. The van der Waals surface area contributed by atoms with Crippen molar-refractivity contribution in [3.05, 3.63) is 29.8 Å². The number of hydrogen-bond donors (Lipinski definition) is 3. The lowest BCUT2D eigenvalue weighted by atomic mass is 9.89. The summed E-state index contributed by atoms with van der Waals surface area (Å²) in [6, 6.07) is 7.22. The highest BCUT2D eigenvalue weighted by Crippen LogP contribution is 2.40. The number of hydrogen-bond acceptors (Lipinski definition) is 6. The van der Waals surface area contributed by atoms with E-state index in [0.717, 1.165) is 12.8 Å². The van der Waals surface area contributed by atoms with E-state index < -0.39 is 20.3 Å². The second kappa shape index (κ2) is 9.46. The van der Waals surface area contributed by atoms with Gasteiger partial charge in [-0.2, -0.15) is 0 Å². The minimum atomic E-state index is -3.70. The van der Waals surface area contributed by atoms with Crippen LogP contribution in [0.25, 0.3) is 0 Å². The Morgan fingerprint density at radius 3 is 2.50 bits per heavy atom. The number of carbonyl (C=O) groups excluding carboxylic acids is 2. The first kappa shape index (κ1) is 24.6. The number of rotatable bonds is 8. The Morgan fingerprint density at radius 2 is 1.88 bits per heavy atom. The van der Waals surface area contributed by atoms with Gasteiger partial charge >= 0.3 is 0 Å². The highest BCUT2D eigenvalue weighted by molar-refractivity contribution is 7.90. The van der Waals surface area contributed by atoms with E-state index >= 15 is 0 Å². The van der Waals surface area contributed by atoms with Crippen LogP contribution in [0.1, 0.15) is 39.2 Å². The zero-order valence-corrected chi connectivity index (χ0v) is 20.0. The zero-order valence-electron chi connectivity index (χ0n) is 19.2. The van der Waals surface area contributed by atoms with Crippen LogP contribution in [-0.4, -0.2) is 64.9 Å². The SMILES string of the molecule is CNC(=O)CN1C(=O)C(CNS(=O)(=O)C(C)(C)C)(NCC2CCOCC2)c2ccccc21. The Bertz CT molecular complexity index is 953.